The Morgan fingerprint density at radius 2 is 2.05 bits per heavy atom. The lowest BCUT2D eigenvalue weighted by molar-refractivity contribution is -0.127. The molecule has 1 aliphatic heterocycles. The van der Waals surface area contributed by atoms with Gasteiger partial charge in [0, 0.05) is 14.5 Å². The molecule has 0 aliphatic carbocycles. The Hall–Kier alpha value is -1.10. The standard InChI is InChI=1S/C15H27NO3Si/c1-13(12-20(2,3)4)8-6-5-7-9-14(17)16-10-11-19-15(16)18/h8H,5-7,9-12H2,1-4H3/b13-8+. The summed E-state index contributed by atoms with van der Waals surface area (Å²) in [6.45, 7) is 10.1. The second-order valence-corrected chi connectivity index (χ2v) is 12.2. The van der Waals surface area contributed by atoms with Gasteiger partial charge in [-0.3, -0.25) is 4.79 Å². The largest absolute Gasteiger partial charge is 0.447 e. The minimum absolute atomic E-state index is 0.102. The van der Waals surface area contributed by atoms with Crippen molar-refractivity contribution in [3.63, 3.8) is 0 Å². The average Bonchev–Trinajstić information content (AvgIpc) is 2.72. The number of carbonyl (C=O) groups excluding carboxylic acids is 2. The van der Waals surface area contributed by atoms with Crippen LogP contribution in [-0.2, 0) is 9.53 Å². The Morgan fingerprint density at radius 3 is 2.60 bits per heavy atom. The zero-order chi connectivity index (χ0) is 15.2. The molecule has 0 aromatic heterocycles. The van der Waals surface area contributed by atoms with Crippen molar-refractivity contribution in [3.8, 4) is 0 Å². The van der Waals surface area contributed by atoms with Gasteiger partial charge in [-0.15, -0.1) is 0 Å². The van der Waals surface area contributed by atoms with Gasteiger partial charge in [0.15, 0.2) is 0 Å². The van der Waals surface area contributed by atoms with Crippen LogP contribution in [0.15, 0.2) is 11.6 Å². The summed E-state index contributed by atoms with van der Waals surface area (Å²) >= 11 is 0. The molecule has 0 N–H and O–H groups in total. The number of hydrogen-bond acceptors (Lipinski definition) is 3. The van der Waals surface area contributed by atoms with E-state index in [0.29, 0.717) is 19.6 Å². The molecule has 0 radical (unpaired) electrons. The monoisotopic (exact) mass is 297 g/mol. The quantitative estimate of drug-likeness (QED) is 0.408. The zero-order valence-electron chi connectivity index (χ0n) is 13.2. The maximum absolute atomic E-state index is 11.8. The number of amides is 2. The van der Waals surface area contributed by atoms with Crippen molar-refractivity contribution in [2.24, 2.45) is 0 Å². The number of unbranched alkanes of at least 4 members (excludes halogenated alkanes) is 2. The van der Waals surface area contributed by atoms with E-state index in [1.54, 1.807) is 0 Å². The van der Waals surface area contributed by atoms with Gasteiger partial charge in [-0.05, 0) is 32.2 Å². The van der Waals surface area contributed by atoms with Gasteiger partial charge < -0.3 is 4.74 Å². The first-order valence-corrected chi connectivity index (χ1v) is 11.1. The first kappa shape index (κ1) is 16.9. The third-order valence-corrected chi connectivity index (χ3v) is 4.83. The molecule has 0 atom stereocenters. The van der Waals surface area contributed by atoms with Gasteiger partial charge in [-0.1, -0.05) is 31.3 Å². The van der Waals surface area contributed by atoms with Crippen LogP contribution in [0.2, 0.25) is 25.7 Å². The summed E-state index contributed by atoms with van der Waals surface area (Å²) in [6.07, 6.45) is 5.11. The number of carbonyl (C=O) groups is 2. The topological polar surface area (TPSA) is 46.6 Å². The lowest BCUT2D eigenvalue weighted by atomic mass is 10.1. The number of rotatable bonds is 7. The van der Waals surface area contributed by atoms with E-state index in [9.17, 15) is 9.59 Å². The molecule has 20 heavy (non-hydrogen) atoms. The van der Waals surface area contributed by atoms with Crippen molar-refractivity contribution in [2.45, 2.75) is 58.3 Å². The van der Waals surface area contributed by atoms with Gasteiger partial charge in [0.2, 0.25) is 5.91 Å². The maximum Gasteiger partial charge on any atom is 0.416 e. The van der Waals surface area contributed by atoms with E-state index in [0.717, 1.165) is 19.3 Å². The van der Waals surface area contributed by atoms with Crippen LogP contribution in [-0.4, -0.2) is 38.1 Å². The molecular weight excluding hydrogens is 270 g/mol. The van der Waals surface area contributed by atoms with Gasteiger partial charge in [0.05, 0.1) is 6.54 Å². The molecule has 1 heterocycles. The van der Waals surface area contributed by atoms with Crippen LogP contribution in [0.3, 0.4) is 0 Å². The molecule has 1 rings (SSSR count). The first-order valence-electron chi connectivity index (χ1n) is 7.42. The highest BCUT2D eigenvalue weighted by atomic mass is 28.3. The zero-order valence-corrected chi connectivity index (χ0v) is 14.2. The van der Waals surface area contributed by atoms with E-state index < -0.39 is 14.2 Å². The van der Waals surface area contributed by atoms with Crippen molar-refractivity contribution in [1.29, 1.82) is 0 Å². The smallest absolute Gasteiger partial charge is 0.416 e. The number of allylic oxidation sites excluding steroid dienone is 2. The van der Waals surface area contributed by atoms with Crippen LogP contribution in [0.5, 0.6) is 0 Å². The minimum atomic E-state index is -1.01. The van der Waals surface area contributed by atoms with E-state index in [1.165, 1.54) is 16.5 Å². The Bertz CT molecular complexity index is 385. The highest BCUT2D eigenvalue weighted by Gasteiger charge is 2.27. The minimum Gasteiger partial charge on any atom is -0.447 e. The predicted molar refractivity (Wildman–Crippen MR) is 83.4 cm³/mol. The van der Waals surface area contributed by atoms with Crippen LogP contribution >= 0.6 is 0 Å². The molecule has 114 valence electrons. The molecule has 0 bridgehead atoms. The van der Waals surface area contributed by atoms with Crippen molar-refractivity contribution in [1.82, 2.24) is 4.90 Å². The highest BCUT2D eigenvalue weighted by Crippen LogP contribution is 2.17. The van der Waals surface area contributed by atoms with Gasteiger partial charge >= 0.3 is 6.09 Å². The van der Waals surface area contributed by atoms with Crippen molar-refractivity contribution in [2.75, 3.05) is 13.2 Å². The second-order valence-electron chi connectivity index (χ2n) is 6.69. The molecular formula is C15H27NO3Si. The van der Waals surface area contributed by atoms with E-state index in [-0.39, 0.29) is 5.91 Å². The lowest BCUT2D eigenvalue weighted by Gasteiger charge is -2.15. The second kappa shape index (κ2) is 7.62. The van der Waals surface area contributed by atoms with E-state index >= 15 is 0 Å². The molecule has 0 aromatic rings. The van der Waals surface area contributed by atoms with Crippen LogP contribution in [0.25, 0.3) is 0 Å². The summed E-state index contributed by atoms with van der Waals surface area (Å²) in [7, 11) is -1.01. The number of cyclic esters (lactones) is 1. The predicted octanol–water partition coefficient (Wildman–Crippen LogP) is 3.81. The van der Waals surface area contributed by atoms with Crippen LogP contribution in [0.1, 0.15) is 32.6 Å². The molecule has 0 aromatic carbocycles. The summed E-state index contributed by atoms with van der Waals surface area (Å²) in [5, 5.41) is 0. The fourth-order valence-electron chi connectivity index (χ4n) is 2.43. The van der Waals surface area contributed by atoms with E-state index in [1.807, 2.05) is 0 Å². The number of hydrogen-bond donors (Lipinski definition) is 0. The third kappa shape index (κ3) is 6.37. The fraction of sp³-hybridized carbons (Fsp3) is 0.733. The van der Waals surface area contributed by atoms with E-state index in [2.05, 4.69) is 32.6 Å². The van der Waals surface area contributed by atoms with Crippen LogP contribution in [0.4, 0.5) is 4.79 Å². The Kier molecular flexibility index (Phi) is 6.46. The SMILES string of the molecule is C/C(=C\CCCCC(=O)N1CCOC1=O)C[Si](C)(C)C. The third-order valence-electron chi connectivity index (χ3n) is 3.21. The molecule has 1 aliphatic rings. The van der Waals surface area contributed by atoms with Crippen LogP contribution in [0, 0.1) is 0 Å². The summed E-state index contributed by atoms with van der Waals surface area (Å²) in [4.78, 5) is 24.2. The Balaban J connectivity index is 2.17. The summed E-state index contributed by atoms with van der Waals surface area (Å²) in [5.74, 6) is -0.102. The van der Waals surface area contributed by atoms with Crippen LogP contribution < -0.4 is 0 Å². The van der Waals surface area contributed by atoms with Crippen molar-refractivity contribution in [3.05, 3.63) is 11.6 Å². The molecule has 4 nitrogen and oxygen atoms in total. The van der Waals surface area contributed by atoms with Gasteiger partial charge in [-0.25, -0.2) is 9.69 Å². The molecule has 5 heteroatoms. The van der Waals surface area contributed by atoms with Crippen molar-refractivity contribution < 1.29 is 14.3 Å². The highest BCUT2D eigenvalue weighted by molar-refractivity contribution is 6.76. The molecule has 0 spiro atoms. The first-order chi connectivity index (χ1) is 9.29. The number of nitrogens with zero attached hydrogens (tertiary/aromatic N) is 1. The van der Waals surface area contributed by atoms with Gasteiger partial charge in [-0.2, -0.15) is 0 Å². The Labute approximate surface area is 123 Å². The molecule has 1 saturated heterocycles. The average molecular weight is 297 g/mol. The summed E-state index contributed by atoms with van der Waals surface area (Å²) < 4.78 is 4.75. The van der Waals surface area contributed by atoms with E-state index in [4.69, 9.17) is 4.74 Å². The summed E-state index contributed by atoms with van der Waals surface area (Å²) in [5.41, 5.74) is 1.47. The van der Waals surface area contributed by atoms with Gasteiger partial charge in [0.25, 0.3) is 0 Å². The normalized spacial score (nSPS) is 16.5. The molecule has 0 unspecified atom stereocenters. The molecule has 1 fully saturated rings. The maximum atomic E-state index is 11.8. The number of ether oxygens (including phenoxy) is 1. The lowest BCUT2D eigenvalue weighted by Crippen LogP contribution is -2.31. The number of imide groups is 1. The molecule has 0 saturated carbocycles. The van der Waals surface area contributed by atoms with Gasteiger partial charge in [0.1, 0.15) is 6.61 Å². The summed E-state index contributed by atoms with van der Waals surface area (Å²) in [6, 6.07) is 1.24. The van der Waals surface area contributed by atoms with Crippen molar-refractivity contribution >= 4 is 20.1 Å². The fourth-order valence-corrected chi connectivity index (χ4v) is 4.25. The molecule has 2 amide bonds. The Morgan fingerprint density at radius 1 is 1.35 bits per heavy atom.